The lowest BCUT2D eigenvalue weighted by molar-refractivity contribution is -0.274. The summed E-state index contributed by atoms with van der Waals surface area (Å²) in [5.41, 5.74) is -0.399. The first-order valence-electron chi connectivity index (χ1n) is 9.24. The fraction of sp³-hybridized carbons (Fsp3) is 0.263. The molecule has 0 fully saturated rings. The second-order valence-electron chi connectivity index (χ2n) is 6.99. The molecule has 0 radical (unpaired) electrons. The molecule has 1 amide bonds. The molecule has 1 aromatic carbocycles. The molecule has 2 N–H and O–H groups in total. The van der Waals surface area contributed by atoms with Crippen LogP contribution in [-0.2, 0) is 0 Å². The molecule has 2 atom stereocenters. The molecule has 0 bridgehead atoms. The maximum atomic E-state index is 13.8. The van der Waals surface area contributed by atoms with Gasteiger partial charge in [-0.1, -0.05) is 17.7 Å². The number of alkyl halides is 6. The second kappa shape index (κ2) is 8.45. The molecular weight excluding hydrogens is 498 g/mol. The number of amides is 1. The molecule has 1 aliphatic rings. The molecule has 3 heterocycles. The molecule has 176 valence electrons. The largest absolute Gasteiger partial charge is 0.573 e. The Morgan fingerprint density at radius 3 is 2.45 bits per heavy atom. The molecule has 33 heavy (non-hydrogen) atoms. The van der Waals surface area contributed by atoms with Gasteiger partial charge in [0, 0.05) is 17.0 Å². The Morgan fingerprint density at radius 1 is 1.18 bits per heavy atom. The number of carbonyl (C=O) groups excluding carboxylic acids is 1. The number of nitrogens with one attached hydrogen (secondary N) is 2. The third-order valence-corrected chi connectivity index (χ3v) is 6.09. The topological polar surface area (TPSA) is 68.2 Å². The number of hydrogen-bond donors (Lipinski definition) is 2. The summed E-state index contributed by atoms with van der Waals surface area (Å²) in [5, 5.41) is 10.5. The molecule has 3 aromatic rings. The van der Waals surface area contributed by atoms with Crippen molar-refractivity contribution in [2.75, 3.05) is 10.6 Å². The molecule has 0 spiro atoms. The Hall–Kier alpha value is -2.93. The summed E-state index contributed by atoms with van der Waals surface area (Å²) in [5.74, 6) is -1.59. The van der Waals surface area contributed by atoms with Crippen molar-refractivity contribution in [2.24, 2.45) is 0 Å². The molecule has 6 nitrogen and oxygen atoms in total. The predicted molar refractivity (Wildman–Crippen MR) is 109 cm³/mol. The van der Waals surface area contributed by atoms with E-state index < -0.39 is 42.0 Å². The first kappa shape index (κ1) is 23.2. The monoisotopic (exact) mass is 510 g/mol. The SMILES string of the molecule is O=C(Nc1ccc(OC(F)(F)F)cc1)c1nn2c(c1Cl)NC(c1cccs1)CC2C(F)(F)F. The van der Waals surface area contributed by atoms with E-state index in [9.17, 15) is 31.1 Å². The number of hydrogen-bond acceptors (Lipinski definition) is 5. The number of fused-ring (bicyclic) bond motifs is 1. The third kappa shape index (κ3) is 5.03. The fourth-order valence-corrected chi connectivity index (χ4v) is 4.40. The van der Waals surface area contributed by atoms with Crippen molar-refractivity contribution in [2.45, 2.75) is 31.0 Å². The Morgan fingerprint density at radius 2 is 1.88 bits per heavy atom. The number of ether oxygens (including phenoxy) is 1. The van der Waals surface area contributed by atoms with Gasteiger partial charge in [-0.25, -0.2) is 4.68 Å². The van der Waals surface area contributed by atoms with Crippen LogP contribution in [0.3, 0.4) is 0 Å². The molecule has 1 aliphatic heterocycles. The van der Waals surface area contributed by atoms with Gasteiger partial charge >= 0.3 is 12.5 Å². The van der Waals surface area contributed by atoms with Crippen molar-refractivity contribution in [3.63, 3.8) is 0 Å². The average Bonchev–Trinajstić information content (AvgIpc) is 3.36. The van der Waals surface area contributed by atoms with E-state index in [-0.39, 0.29) is 22.9 Å². The standard InChI is InChI=1S/C19H13ClF6N4O2S/c20-14-15(17(31)27-9-3-5-10(6-4-9)32-19(24,25)26)29-30-13(18(21,22)23)8-11(28-16(14)30)12-2-1-7-33-12/h1-7,11,13,28H,8H2,(H,27,31). The van der Waals surface area contributed by atoms with Gasteiger partial charge in [-0.05, 0) is 35.7 Å². The lowest BCUT2D eigenvalue weighted by Crippen LogP contribution is -2.35. The van der Waals surface area contributed by atoms with Gasteiger partial charge in [0.1, 0.15) is 16.6 Å². The van der Waals surface area contributed by atoms with Crippen molar-refractivity contribution in [3.8, 4) is 5.75 Å². The van der Waals surface area contributed by atoms with Crippen LogP contribution in [0.1, 0.15) is 33.9 Å². The summed E-state index contributed by atoms with van der Waals surface area (Å²) in [6.45, 7) is 0. The molecule has 4 rings (SSSR count). The van der Waals surface area contributed by atoms with Crippen LogP contribution in [-0.4, -0.2) is 28.2 Å². The summed E-state index contributed by atoms with van der Waals surface area (Å²) in [7, 11) is 0. The van der Waals surface area contributed by atoms with E-state index in [0.717, 1.165) is 24.3 Å². The maximum absolute atomic E-state index is 13.8. The predicted octanol–water partition coefficient (Wildman–Crippen LogP) is 6.41. The molecule has 2 aromatic heterocycles. The summed E-state index contributed by atoms with van der Waals surface area (Å²) in [4.78, 5) is 13.3. The highest BCUT2D eigenvalue weighted by molar-refractivity contribution is 7.10. The highest BCUT2D eigenvalue weighted by Crippen LogP contribution is 2.46. The highest BCUT2D eigenvalue weighted by atomic mass is 35.5. The first-order valence-corrected chi connectivity index (χ1v) is 10.5. The number of aromatic nitrogens is 2. The smallest absolute Gasteiger partial charge is 0.406 e. The maximum Gasteiger partial charge on any atom is 0.573 e. The van der Waals surface area contributed by atoms with Crippen molar-refractivity contribution in [1.29, 1.82) is 0 Å². The van der Waals surface area contributed by atoms with Crippen LogP contribution >= 0.6 is 22.9 Å². The van der Waals surface area contributed by atoms with Crippen LogP contribution in [0.15, 0.2) is 41.8 Å². The zero-order valence-corrected chi connectivity index (χ0v) is 17.7. The van der Waals surface area contributed by atoms with Crippen LogP contribution < -0.4 is 15.4 Å². The minimum atomic E-state index is -4.88. The molecule has 2 unspecified atom stereocenters. The zero-order valence-electron chi connectivity index (χ0n) is 16.2. The van der Waals surface area contributed by atoms with Gasteiger partial charge in [0.15, 0.2) is 11.7 Å². The van der Waals surface area contributed by atoms with Gasteiger partial charge < -0.3 is 15.4 Å². The molecule has 0 aliphatic carbocycles. The first-order chi connectivity index (χ1) is 15.4. The normalized spacial score (nSPS) is 18.4. The van der Waals surface area contributed by atoms with E-state index >= 15 is 0 Å². The van der Waals surface area contributed by atoms with Crippen molar-refractivity contribution < 1.29 is 35.9 Å². The number of benzene rings is 1. The fourth-order valence-electron chi connectivity index (χ4n) is 3.34. The van der Waals surface area contributed by atoms with Gasteiger partial charge in [0.2, 0.25) is 0 Å². The summed E-state index contributed by atoms with van der Waals surface area (Å²) >= 11 is 7.51. The molecule has 14 heteroatoms. The van der Waals surface area contributed by atoms with Crippen molar-refractivity contribution in [1.82, 2.24) is 9.78 Å². The van der Waals surface area contributed by atoms with E-state index in [1.165, 1.54) is 11.3 Å². The molecule has 0 saturated heterocycles. The van der Waals surface area contributed by atoms with Crippen LogP contribution in [0.25, 0.3) is 0 Å². The van der Waals surface area contributed by atoms with Gasteiger partial charge in [-0.3, -0.25) is 4.79 Å². The van der Waals surface area contributed by atoms with Gasteiger partial charge in [0.05, 0.1) is 6.04 Å². The molecular formula is C19H13ClF6N4O2S. The van der Waals surface area contributed by atoms with Crippen LogP contribution in [0, 0.1) is 0 Å². The number of halogens is 7. The van der Waals surface area contributed by atoms with E-state index in [2.05, 4.69) is 20.5 Å². The van der Waals surface area contributed by atoms with Gasteiger partial charge in [-0.15, -0.1) is 24.5 Å². The summed E-state index contributed by atoms with van der Waals surface area (Å²) < 4.78 is 82.4. The minimum absolute atomic E-state index is 0.0633. The van der Waals surface area contributed by atoms with E-state index in [0.29, 0.717) is 9.56 Å². The van der Waals surface area contributed by atoms with Crippen LogP contribution in [0.2, 0.25) is 5.02 Å². The number of anilines is 2. The van der Waals surface area contributed by atoms with Gasteiger partial charge in [0.25, 0.3) is 5.91 Å². The molecule has 0 saturated carbocycles. The number of thiophene rings is 1. The third-order valence-electron chi connectivity index (χ3n) is 4.74. The van der Waals surface area contributed by atoms with E-state index in [4.69, 9.17) is 11.6 Å². The quantitative estimate of drug-likeness (QED) is 0.398. The van der Waals surface area contributed by atoms with Crippen molar-refractivity contribution >= 4 is 40.4 Å². The van der Waals surface area contributed by atoms with Crippen LogP contribution in [0.4, 0.5) is 37.8 Å². The Bertz CT molecular complexity index is 1140. The second-order valence-corrected chi connectivity index (χ2v) is 8.34. The number of carbonyl (C=O) groups is 1. The van der Waals surface area contributed by atoms with Crippen LogP contribution in [0.5, 0.6) is 5.75 Å². The lowest BCUT2D eigenvalue weighted by Gasteiger charge is -2.32. The Labute approximate surface area is 191 Å². The average molecular weight is 511 g/mol. The van der Waals surface area contributed by atoms with Crippen molar-refractivity contribution in [3.05, 3.63) is 57.4 Å². The number of nitrogens with zero attached hydrogens (tertiary/aromatic N) is 2. The minimum Gasteiger partial charge on any atom is -0.406 e. The lowest BCUT2D eigenvalue weighted by atomic mass is 10.0. The zero-order chi connectivity index (χ0) is 24.0. The Kier molecular flexibility index (Phi) is 5.95. The highest BCUT2D eigenvalue weighted by Gasteiger charge is 2.48. The van der Waals surface area contributed by atoms with E-state index in [1.54, 1.807) is 17.5 Å². The Balaban J connectivity index is 1.59. The van der Waals surface area contributed by atoms with Gasteiger partial charge in [-0.2, -0.15) is 18.3 Å². The summed E-state index contributed by atoms with van der Waals surface area (Å²) in [6, 6.07) is 4.90. The number of rotatable bonds is 4. The van der Waals surface area contributed by atoms with E-state index in [1.807, 2.05) is 0 Å². The summed E-state index contributed by atoms with van der Waals surface area (Å²) in [6.07, 6.45) is -9.88.